The van der Waals surface area contributed by atoms with E-state index >= 15 is 0 Å². The average Bonchev–Trinajstić information content (AvgIpc) is 2.75. The lowest BCUT2D eigenvalue weighted by atomic mass is 10.5. The number of hydrogen-bond acceptors (Lipinski definition) is 3. The quantitative estimate of drug-likeness (QED) is 0.758. The Morgan fingerprint density at radius 2 is 2.29 bits per heavy atom. The second kappa shape index (κ2) is 3.33. The third-order valence-electron chi connectivity index (χ3n) is 1.71. The summed E-state index contributed by atoms with van der Waals surface area (Å²) in [4.78, 5) is 10.5. The van der Waals surface area contributed by atoms with Crippen molar-refractivity contribution in [2.45, 2.75) is 6.67 Å². The molecule has 2 heterocycles. The van der Waals surface area contributed by atoms with E-state index in [9.17, 15) is 4.79 Å². The number of aromatic nitrogens is 4. The maximum Gasteiger partial charge on any atom is 0.356 e. The van der Waals surface area contributed by atoms with E-state index in [0.29, 0.717) is 6.67 Å². The van der Waals surface area contributed by atoms with Gasteiger partial charge in [0.2, 0.25) is 0 Å². The monoisotopic (exact) mass is 192 g/mol. The van der Waals surface area contributed by atoms with Crippen LogP contribution < -0.4 is 0 Å². The van der Waals surface area contributed by atoms with Crippen molar-refractivity contribution < 1.29 is 9.90 Å². The first-order valence-electron chi connectivity index (χ1n) is 4.00. The molecule has 0 fully saturated rings. The van der Waals surface area contributed by atoms with Crippen LogP contribution in [0.4, 0.5) is 0 Å². The van der Waals surface area contributed by atoms with E-state index in [1.165, 1.54) is 10.7 Å². The lowest BCUT2D eigenvalue weighted by Gasteiger charge is -2.00. The number of carboxylic acids is 1. The van der Waals surface area contributed by atoms with E-state index in [-0.39, 0.29) is 5.69 Å². The van der Waals surface area contributed by atoms with Crippen molar-refractivity contribution in [1.29, 1.82) is 0 Å². The fourth-order valence-corrected chi connectivity index (χ4v) is 1.09. The molecule has 0 spiro atoms. The normalized spacial score (nSPS) is 10.3. The molecule has 2 aromatic rings. The van der Waals surface area contributed by atoms with Crippen molar-refractivity contribution >= 4 is 5.97 Å². The maximum absolute atomic E-state index is 10.5. The molecule has 0 radical (unpaired) electrons. The molecule has 0 saturated heterocycles. The van der Waals surface area contributed by atoms with Crippen molar-refractivity contribution in [3.8, 4) is 0 Å². The molecule has 0 atom stereocenters. The van der Waals surface area contributed by atoms with Crippen LogP contribution in [0.15, 0.2) is 30.7 Å². The van der Waals surface area contributed by atoms with E-state index < -0.39 is 5.97 Å². The van der Waals surface area contributed by atoms with Gasteiger partial charge >= 0.3 is 5.97 Å². The smallest absolute Gasteiger partial charge is 0.356 e. The van der Waals surface area contributed by atoms with Gasteiger partial charge in [-0.15, -0.1) is 0 Å². The molecule has 0 unspecified atom stereocenters. The van der Waals surface area contributed by atoms with Gasteiger partial charge in [-0.05, 0) is 12.1 Å². The molecule has 1 N–H and O–H groups in total. The van der Waals surface area contributed by atoms with Crippen LogP contribution in [0.5, 0.6) is 0 Å². The van der Waals surface area contributed by atoms with Crippen LogP contribution in [0.2, 0.25) is 0 Å². The Hall–Kier alpha value is -2.11. The van der Waals surface area contributed by atoms with Gasteiger partial charge in [-0.1, -0.05) is 0 Å². The zero-order valence-electron chi connectivity index (χ0n) is 7.24. The second-order valence-corrected chi connectivity index (χ2v) is 2.73. The van der Waals surface area contributed by atoms with Crippen LogP contribution in [0.1, 0.15) is 10.5 Å². The summed E-state index contributed by atoms with van der Waals surface area (Å²) in [6, 6.07) is 3.24. The number of carboxylic acid groups (broad SMARTS) is 1. The standard InChI is InChI=1S/C8H8N4O2/c13-8(14)7-2-5-12(10-7)6-11-4-1-3-9-11/h1-5H,6H2,(H,13,14). The van der Waals surface area contributed by atoms with Crippen molar-refractivity contribution in [3.63, 3.8) is 0 Å². The molecule has 14 heavy (non-hydrogen) atoms. The average molecular weight is 192 g/mol. The minimum Gasteiger partial charge on any atom is -0.476 e. The molecule has 0 amide bonds. The summed E-state index contributed by atoms with van der Waals surface area (Å²) >= 11 is 0. The van der Waals surface area contributed by atoms with E-state index in [1.807, 2.05) is 0 Å². The van der Waals surface area contributed by atoms with Gasteiger partial charge in [0.05, 0.1) is 0 Å². The predicted molar refractivity (Wildman–Crippen MR) is 46.8 cm³/mol. The van der Waals surface area contributed by atoms with Crippen molar-refractivity contribution in [2.24, 2.45) is 0 Å². The SMILES string of the molecule is O=C(O)c1ccn(Cn2cccn2)n1. The highest BCUT2D eigenvalue weighted by atomic mass is 16.4. The molecule has 0 aromatic carbocycles. The number of rotatable bonds is 3. The third kappa shape index (κ3) is 1.63. The van der Waals surface area contributed by atoms with Gasteiger partial charge in [0.1, 0.15) is 6.67 Å². The van der Waals surface area contributed by atoms with Gasteiger partial charge in [0.15, 0.2) is 5.69 Å². The Kier molecular flexibility index (Phi) is 2.02. The summed E-state index contributed by atoms with van der Waals surface area (Å²) in [5.74, 6) is -1.02. The van der Waals surface area contributed by atoms with Crippen molar-refractivity contribution in [2.75, 3.05) is 0 Å². The number of hydrogen-bond donors (Lipinski definition) is 1. The number of carbonyl (C=O) groups is 1. The fourth-order valence-electron chi connectivity index (χ4n) is 1.09. The molecule has 6 nitrogen and oxygen atoms in total. The first-order chi connectivity index (χ1) is 6.75. The van der Waals surface area contributed by atoms with Gasteiger partial charge in [0, 0.05) is 18.6 Å². The zero-order chi connectivity index (χ0) is 9.97. The lowest BCUT2D eigenvalue weighted by molar-refractivity contribution is 0.0689. The zero-order valence-corrected chi connectivity index (χ0v) is 7.24. The fraction of sp³-hybridized carbons (Fsp3) is 0.125. The molecule has 0 aliphatic rings. The van der Waals surface area contributed by atoms with Gasteiger partial charge in [-0.3, -0.25) is 9.36 Å². The summed E-state index contributed by atoms with van der Waals surface area (Å²) < 4.78 is 3.16. The van der Waals surface area contributed by atoms with Crippen molar-refractivity contribution in [3.05, 3.63) is 36.4 Å². The Balaban J connectivity index is 2.14. The summed E-state index contributed by atoms with van der Waals surface area (Å²) in [7, 11) is 0. The Bertz CT molecular complexity index is 432. The molecular weight excluding hydrogens is 184 g/mol. The van der Waals surface area contributed by atoms with E-state index in [2.05, 4.69) is 10.2 Å². The molecule has 6 heteroatoms. The minimum atomic E-state index is -1.02. The summed E-state index contributed by atoms with van der Waals surface area (Å²) in [5.41, 5.74) is 0.0390. The molecular formula is C8H8N4O2. The van der Waals surface area contributed by atoms with Crippen LogP contribution >= 0.6 is 0 Å². The molecule has 0 aliphatic carbocycles. The van der Waals surface area contributed by atoms with Crippen LogP contribution in [0.25, 0.3) is 0 Å². The van der Waals surface area contributed by atoms with E-state index in [4.69, 9.17) is 5.11 Å². The molecule has 72 valence electrons. The summed E-state index contributed by atoms with van der Waals surface area (Å²) in [6.07, 6.45) is 5.04. The summed E-state index contributed by atoms with van der Waals surface area (Å²) in [5, 5.41) is 16.4. The largest absolute Gasteiger partial charge is 0.476 e. The Morgan fingerprint density at radius 3 is 2.86 bits per heavy atom. The summed E-state index contributed by atoms with van der Waals surface area (Å²) in [6.45, 7) is 0.417. The highest BCUT2D eigenvalue weighted by molar-refractivity contribution is 5.84. The molecule has 2 rings (SSSR count). The molecule has 2 aromatic heterocycles. The second-order valence-electron chi connectivity index (χ2n) is 2.73. The maximum atomic E-state index is 10.5. The van der Waals surface area contributed by atoms with Gasteiger partial charge < -0.3 is 5.11 Å². The van der Waals surface area contributed by atoms with Gasteiger partial charge in [-0.25, -0.2) is 4.79 Å². The molecule has 0 aliphatic heterocycles. The predicted octanol–water partition coefficient (Wildman–Crippen LogP) is 0.284. The minimum absolute atomic E-state index is 0.0390. The number of nitrogens with zero attached hydrogens (tertiary/aromatic N) is 4. The Morgan fingerprint density at radius 1 is 1.43 bits per heavy atom. The van der Waals surface area contributed by atoms with Crippen LogP contribution in [0, 0.1) is 0 Å². The Labute approximate surface area is 79.4 Å². The number of aromatic carboxylic acids is 1. The first kappa shape index (κ1) is 8.49. The van der Waals surface area contributed by atoms with Crippen molar-refractivity contribution in [1.82, 2.24) is 19.6 Å². The molecule has 0 saturated carbocycles. The van der Waals surface area contributed by atoms with E-state index in [1.54, 1.807) is 29.3 Å². The molecule has 0 bridgehead atoms. The van der Waals surface area contributed by atoms with Gasteiger partial charge in [-0.2, -0.15) is 10.2 Å². The topological polar surface area (TPSA) is 72.9 Å². The van der Waals surface area contributed by atoms with Crippen LogP contribution in [0.3, 0.4) is 0 Å². The first-order valence-corrected chi connectivity index (χ1v) is 4.00. The lowest BCUT2D eigenvalue weighted by Crippen LogP contribution is -2.10. The van der Waals surface area contributed by atoms with Crippen LogP contribution in [-0.2, 0) is 6.67 Å². The van der Waals surface area contributed by atoms with Gasteiger partial charge in [0.25, 0.3) is 0 Å². The van der Waals surface area contributed by atoms with Crippen LogP contribution in [-0.4, -0.2) is 30.6 Å². The highest BCUT2D eigenvalue weighted by Crippen LogP contribution is 1.96. The third-order valence-corrected chi connectivity index (χ3v) is 1.71. The highest BCUT2D eigenvalue weighted by Gasteiger charge is 2.06. The van der Waals surface area contributed by atoms with E-state index in [0.717, 1.165) is 0 Å².